The van der Waals surface area contributed by atoms with Crippen LogP contribution in [0.5, 0.6) is 0 Å². The predicted molar refractivity (Wildman–Crippen MR) is 63.5 cm³/mol. The summed E-state index contributed by atoms with van der Waals surface area (Å²) in [5.41, 5.74) is 2.43. The molecule has 2 unspecified atom stereocenters. The van der Waals surface area contributed by atoms with Crippen LogP contribution in [-0.2, 0) is 9.31 Å². The van der Waals surface area contributed by atoms with Crippen LogP contribution >= 0.6 is 0 Å². The number of hydrogen-bond donors (Lipinski definition) is 0. The highest BCUT2D eigenvalue weighted by Gasteiger charge is 2.36. The zero-order valence-electron chi connectivity index (χ0n) is 9.86. The molecule has 1 saturated heterocycles. The van der Waals surface area contributed by atoms with Crippen molar-refractivity contribution in [2.24, 2.45) is 0 Å². The molecule has 2 nitrogen and oxygen atoms in total. The van der Waals surface area contributed by atoms with Gasteiger partial charge in [0, 0.05) is 12.2 Å². The molecular formula is C12H18BO2-. The van der Waals surface area contributed by atoms with E-state index in [1.165, 1.54) is 11.0 Å². The van der Waals surface area contributed by atoms with E-state index >= 15 is 0 Å². The summed E-state index contributed by atoms with van der Waals surface area (Å²) in [6, 6.07) is 8.28. The normalized spacial score (nSPS) is 35.7. The van der Waals surface area contributed by atoms with Gasteiger partial charge in [0.1, 0.15) is 0 Å². The maximum absolute atomic E-state index is 5.97. The third-order valence-electron chi connectivity index (χ3n) is 3.36. The van der Waals surface area contributed by atoms with E-state index in [9.17, 15) is 0 Å². The smallest absolute Gasteiger partial charge is 0.267 e. The first-order valence-corrected chi connectivity index (χ1v) is 5.62. The van der Waals surface area contributed by atoms with Crippen LogP contribution in [0.1, 0.15) is 19.4 Å². The van der Waals surface area contributed by atoms with E-state index in [0.29, 0.717) is 0 Å². The molecule has 1 aromatic rings. The topological polar surface area (TPSA) is 18.5 Å². The SMILES string of the molecule is Cc1ccccc1[B-]1(C)OC(C)C(C)O1. The zero-order valence-corrected chi connectivity index (χ0v) is 9.86. The van der Waals surface area contributed by atoms with Crippen molar-refractivity contribution in [2.75, 3.05) is 0 Å². The van der Waals surface area contributed by atoms with Crippen LogP contribution in [0.25, 0.3) is 0 Å². The van der Waals surface area contributed by atoms with Gasteiger partial charge in [-0.2, -0.15) is 0 Å². The van der Waals surface area contributed by atoms with Gasteiger partial charge in [-0.3, -0.25) is 0 Å². The minimum atomic E-state index is -1.28. The molecule has 0 bridgehead atoms. The van der Waals surface area contributed by atoms with Gasteiger partial charge in [0.05, 0.1) is 0 Å². The molecule has 82 valence electrons. The predicted octanol–water partition coefficient (Wildman–Crippen LogP) is 2.10. The maximum Gasteiger partial charge on any atom is 0.267 e. The Bertz CT molecular complexity index is 354. The van der Waals surface area contributed by atoms with Crippen LogP contribution in [-0.4, -0.2) is 18.8 Å². The van der Waals surface area contributed by atoms with Gasteiger partial charge in [-0.15, -0.1) is 12.3 Å². The highest BCUT2D eigenvalue weighted by molar-refractivity contribution is 6.80. The number of rotatable bonds is 1. The lowest BCUT2D eigenvalue weighted by Crippen LogP contribution is -2.48. The summed E-state index contributed by atoms with van der Waals surface area (Å²) in [4.78, 5) is 0. The summed E-state index contributed by atoms with van der Waals surface area (Å²) in [6.07, 6.45) is 0.351. The van der Waals surface area contributed by atoms with Crippen molar-refractivity contribution in [3.8, 4) is 0 Å². The van der Waals surface area contributed by atoms with Crippen molar-refractivity contribution in [1.29, 1.82) is 0 Å². The van der Waals surface area contributed by atoms with Crippen molar-refractivity contribution < 1.29 is 9.31 Å². The first-order chi connectivity index (χ1) is 7.03. The van der Waals surface area contributed by atoms with E-state index in [1.54, 1.807) is 0 Å². The second-order valence-corrected chi connectivity index (χ2v) is 4.63. The Morgan fingerprint density at radius 1 is 1.07 bits per heavy atom. The molecule has 0 N–H and O–H groups in total. The van der Waals surface area contributed by atoms with Gasteiger partial charge in [-0.1, -0.05) is 29.8 Å². The summed E-state index contributed by atoms with van der Waals surface area (Å²) in [5, 5.41) is 0. The molecule has 1 aliphatic heterocycles. The Balaban J connectivity index is 2.35. The van der Waals surface area contributed by atoms with Crippen LogP contribution < -0.4 is 5.46 Å². The molecule has 0 amide bonds. The standard InChI is InChI=1S/C12H18BO2/c1-9-7-5-6-8-12(9)13(4)14-10(2)11(3)15-13/h5-8,10-11H,1-4H3/q-1. The Morgan fingerprint density at radius 3 is 2.13 bits per heavy atom. The average Bonchev–Trinajstić information content (AvgIpc) is 2.42. The van der Waals surface area contributed by atoms with Gasteiger partial charge in [0.25, 0.3) is 6.55 Å². The lowest BCUT2D eigenvalue weighted by molar-refractivity contribution is 0.187. The Hall–Kier alpha value is -0.795. The molecule has 2 rings (SSSR count). The fourth-order valence-electron chi connectivity index (χ4n) is 2.39. The van der Waals surface area contributed by atoms with Crippen LogP contribution in [0.2, 0.25) is 6.82 Å². The molecule has 0 radical (unpaired) electrons. The molecule has 1 fully saturated rings. The summed E-state index contributed by atoms with van der Waals surface area (Å²) in [6.45, 7) is 7.01. The Kier molecular flexibility index (Phi) is 2.61. The van der Waals surface area contributed by atoms with Crippen molar-refractivity contribution in [3.05, 3.63) is 29.8 Å². The number of hydrogen-bond acceptors (Lipinski definition) is 2. The number of benzene rings is 1. The minimum Gasteiger partial charge on any atom is -0.561 e. The van der Waals surface area contributed by atoms with Gasteiger partial charge in [-0.05, 0) is 20.8 Å². The monoisotopic (exact) mass is 205 g/mol. The molecule has 3 heteroatoms. The summed E-state index contributed by atoms with van der Waals surface area (Å²) in [5.74, 6) is 0. The van der Waals surface area contributed by atoms with Crippen molar-refractivity contribution in [1.82, 2.24) is 0 Å². The highest BCUT2D eigenvalue weighted by Crippen LogP contribution is 2.25. The van der Waals surface area contributed by atoms with E-state index in [-0.39, 0.29) is 12.2 Å². The first-order valence-electron chi connectivity index (χ1n) is 5.62. The maximum atomic E-state index is 5.97. The van der Waals surface area contributed by atoms with Crippen LogP contribution in [0, 0.1) is 6.92 Å². The van der Waals surface area contributed by atoms with Crippen LogP contribution in [0.15, 0.2) is 24.3 Å². The second kappa shape index (κ2) is 3.65. The lowest BCUT2D eigenvalue weighted by Gasteiger charge is -2.33. The van der Waals surface area contributed by atoms with Crippen molar-refractivity contribution in [3.63, 3.8) is 0 Å². The Labute approximate surface area is 91.6 Å². The fraction of sp³-hybridized carbons (Fsp3) is 0.500. The molecule has 1 aromatic carbocycles. The molecule has 2 atom stereocenters. The molecule has 0 saturated carbocycles. The molecular weight excluding hydrogens is 187 g/mol. The third kappa shape index (κ3) is 1.82. The van der Waals surface area contributed by atoms with E-state index in [0.717, 1.165) is 0 Å². The molecule has 0 aromatic heterocycles. The molecule has 0 spiro atoms. The lowest BCUT2D eigenvalue weighted by atomic mass is 9.53. The van der Waals surface area contributed by atoms with Gasteiger partial charge in [0.15, 0.2) is 0 Å². The quantitative estimate of drug-likeness (QED) is 0.653. The van der Waals surface area contributed by atoms with Crippen molar-refractivity contribution in [2.45, 2.75) is 39.8 Å². The van der Waals surface area contributed by atoms with Crippen LogP contribution in [0.4, 0.5) is 0 Å². The molecule has 15 heavy (non-hydrogen) atoms. The van der Waals surface area contributed by atoms with E-state index in [4.69, 9.17) is 9.31 Å². The summed E-state index contributed by atoms with van der Waals surface area (Å²) < 4.78 is 11.9. The Morgan fingerprint density at radius 2 is 1.60 bits per heavy atom. The highest BCUT2D eigenvalue weighted by atomic mass is 16.7. The first kappa shape index (κ1) is 10.7. The van der Waals surface area contributed by atoms with Gasteiger partial charge in [0.2, 0.25) is 0 Å². The summed E-state index contributed by atoms with van der Waals surface area (Å²) >= 11 is 0. The minimum absolute atomic E-state index is 0.176. The van der Waals surface area contributed by atoms with Gasteiger partial charge >= 0.3 is 0 Å². The fourth-order valence-corrected chi connectivity index (χ4v) is 2.39. The molecule has 1 aliphatic rings. The van der Waals surface area contributed by atoms with E-state index in [2.05, 4.69) is 39.7 Å². The van der Waals surface area contributed by atoms with Gasteiger partial charge < -0.3 is 9.31 Å². The third-order valence-corrected chi connectivity index (χ3v) is 3.36. The van der Waals surface area contributed by atoms with Gasteiger partial charge in [-0.25, -0.2) is 0 Å². The van der Waals surface area contributed by atoms with E-state index < -0.39 is 6.55 Å². The molecule has 0 aliphatic carbocycles. The van der Waals surface area contributed by atoms with Crippen molar-refractivity contribution >= 4 is 12.0 Å². The number of aryl methyl sites for hydroxylation is 1. The second-order valence-electron chi connectivity index (χ2n) is 4.63. The zero-order chi connectivity index (χ0) is 11.1. The average molecular weight is 205 g/mol. The van der Waals surface area contributed by atoms with Crippen LogP contribution in [0.3, 0.4) is 0 Å². The molecule has 1 heterocycles. The van der Waals surface area contributed by atoms with E-state index in [1.807, 2.05) is 12.1 Å². The summed E-state index contributed by atoms with van der Waals surface area (Å²) in [7, 11) is 0. The largest absolute Gasteiger partial charge is 0.561 e.